The normalized spacial score (nSPS) is 18.8. The Balaban J connectivity index is 1.98. The lowest BCUT2D eigenvalue weighted by Gasteiger charge is -2.29. The van der Waals surface area contributed by atoms with E-state index in [0.29, 0.717) is 17.9 Å². The topological polar surface area (TPSA) is 53.7 Å². The Bertz CT molecular complexity index is 364. The molecule has 4 nitrogen and oxygen atoms in total. The summed E-state index contributed by atoms with van der Waals surface area (Å²) in [5.74, 6) is 0.447. The minimum Gasteiger partial charge on any atom is -0.478 e. The van der Waals surface area contributed by atoms with Crippen LogP contribution in [-0.4, -0.2) is 29.1 Å². The van der Waals surface area contributed by atoms with Gasteiger partial charge < -0.3 is 9.52 Å². The first-order chi connectivity index (χ1) is 7.66. The fourth-order valence-electron chi connectivity index (χ4n) is 2.08. The molecule has 1 aliphatic heterocycles. The van der Waals surface area contributed by atoms with E-state index in [0.717, 1.165) is 19.0 Å². The van der Waals surface area contributed by atoms with Crippen molar-refractivity contribution in [2.75, 3.05) is 13.1 Å². The Hall–Kier alpha value is -1.29. The van der Waals surface area contributed by atoms with Crippen molar-refractivity contribution in [2.45, 2.75) is 26.3 Å². The van der Waals surface area contributed by atoms with Crippen LogP contribution in [0.1, 0.15) is 35.9 Å². The molecule has 1 N–H and O–H groups in total. The van der Waals surface area contributed by atoms with E-state index in [1.54, 1.807) is 0 Å². The van der Waals surface area contributed by atoms with Crippen molar-refractivity contribution in [1.29, 1.82) is 0 Å². The lowest BCUT2D eigenvalue weighted by molar-refractivity contribution is 0.0691. The summed E-state index contributed by atoms with van der Waals surface area (Å²) in [4.78, 5) is 13.2. The fourth-order valence-corrected chi connectivity index (χ4v) is 2.08. The van der Waals surface area contributed by atoms with E-state index < -0.39 is 5.97 Å². The van der Waals surface area contributed by atoms with Crippen molar-refractivity contribution in [3.8, 4) is 0 Å². The zero-order valence-electron chi connectivity index (χ0n) is 9.48. The van der Waals surface area contributed by atoms with E-state index in [2.05, 4.69) is 11.8 Å². The first kappa shape index (κ1) is 11.2. The Morgan fingerprint density at radius 3 is 2.88 bits per heavy atom. The molecule has 1 fully saturated rings. The summed E-state index contributed by atoms with van der Waals surface area (Å²) in [6, 6.07) is 1.52. The van der Waals surface area contributed by atoms with Crippen molar-refractivity contribution < 1.29 is 14.3 Å². The van der Waals surface area contributed by atoms with Gasteiger partial charge in [0.05, 0.1) is 12.8 Å². The number of piperidine rings is 1. The van der Waals surface area contributed by atoms with Crippen LogP contribution in [0, 0.1) is 5.92 Å². The van der Waals surface area contributed by atoms with Crippen molar-refractivity contribution in [2.24, 2.45) is 5.92 Å². The Morgan fingerprint density at radius 2 is 2.25 bits per heavy atom. The zero-order chi connectivity index (χ0) is 11.5. The first-order valence-corrected chi connectivity index (χ1v) is 5.69. The summed E-state index contributed by atoms with van der Waals surface area (Å²) in [5.41, 5.74) is 0.290. The number of rotatable bonds is 3. The van der Waals surface area contributed by atoms with Gasteiger partial charge in [0.1, 0.15) is 11.3 Å². The van der Waals surface area contributed by atoms with Gasteiger partial charge in [0.15, 0.2) is 0 Å². The van der Waals surface area contributed by atoms with Crippen LogP contribution in [-0.2, 0) is 6.54 Å². The number of likely N-dealkylation sites (tertiary alicyclic amines) is 1. The monoisotopic (exact) mass is 223 g/mol. The molecular formula is C12H17NO3. The molecule has 0 bridgehead atoms. The predicted molar refractivity (Wildman–Crippen MR) is 59.3 cm³/mol. The molecule has 2 rings (SSSR count). The van der Waals surface area contributed by atoms with Crippen LogP contribution in [0.15, 0.2) is 16.7 Å². The van der Waals surface area contributed by atoms with Crippen LogP contribution < -0.4 is 0 Å². The highest BCUT2D eigenvalue weighted by Gasteiger charge is 2.20. The molecule has 0 aliphatic carbocycles. The summed E-state index contributed by atoms with van der Waals surface area (Å²) in [7, 11) is 0. The molecule has 1 aromatic heterocycles. The largest absolute Gasteiger partial charge is 0.478 e. The Kier molecular flexibility index (Phi) is 3.29. The molecule has 88 valence electrons. The van der Waals surface area contributed by atoms with Crippen LogP contribution in [0.2, 0.25) is 0 Å². The maximum Gasteiger partial charge on any atom is 0.339 e. The predicted octanol–water partition coefficient (Wildman–Crippen LogP) is 2.21. The van der Waals surface area contributed by atoms with Gasteiger partial charge in [-0.1, -0.05) is 6.92 Å². The summed E-state index contributed by atoms with van der Waals surface area (Å²) in [6.07, 6.45) is 3.82. The maximum absolute atomic E-state index is 10.9. The van der Waals surface area contributed by atoms with Gasteiger partial charge in [-0.15, -0.1) is 0 Å². The van der Waals surface area contributed by atoms with Crippen LogP contribution >= 0.6 is 0 Å². The van der Waals surface area contributed by atoms with Gasteiger partial charge in [-0.25, -0.2) is 4.79 Å². The highest BCUT2D eigenvalue weighted by atomic mass is 16.4. The zero-order valence-corrected chi connectivity index (χ0v) is 9.48. The molecule has 0 saturated carbocycles. The molecule has 0 atom stereocenters. The van der Waals surface area contributed by atoms with Crippen molar-refractivity contribution in [1.82, 2.24) is 4.90 Å². The molecular weight excluding hydrogens is 206 g/mol. The molecule has 16 heavy (non-hydrogen) atoms. The van der Waals surface area contributed by atoms with E-state index >= 15 is 0 Å². The van der Waals surface area contributed by atoms with Crippen molar-refractivity contribution >= 4 is 5.97 Å². The number of carbonyl (C=O) groups is 1. The average molecular weight is 223 g/mol. The molecule has 2 heterocycles. The molecule has 1 aliphatic rings. The lowest BCUT2D eigenvalue weighted by atomic mass is 9.99. The second-order valence-corrected chi connectivity index (χ2v) is 4.52. The summed E-state index contributed by atoms with van der Waals surface area (Å²) in [6.45, 7) is 4.93. The second kappa shape index (κ2) is 4.70. The lowest BCUT2D eigenvalue weighted by Crippen LogP contribution is -2.32. The Morgan fingerprint density at radius 1 is 1.56 bits per heavy atom. The number of carboxylic acids is 1. The minimum absolute atomic E-state index is 0.290. The summed E-state index contributed by atoms with van der Waals surface area (Å²) >= 11 is 0. The second-order valence-electron chi connectivity index (χ2n) is 4.52. The minimum atomic E-state index is -0.908. The van der Waals surface area contributed by atoms with Crippen molar-refractivity contribution in [3.63, 3.8) is 0 Å². The third-order valence-corrected chi connectivity index (χ3v) is 3.22. The number of aromatic carboxylic acids is 1. The third kappa shape index (κ3) is 2.44. The summed E-state index contributed by atoms with van der Waals surface area (Å²) in [5, 5.41) is 8.95. The highest BCUT2D eigenvalue weighted by Crippen LogP contribution is 2.20. The fraction of sp³-hybridized carbons (Fsp3) is 0.583. The molecule has 1 aromatic rings. The standard InChI is InChI=1S/C12H17NO3/c1-9-2-5-13(6-3-9)8-11-10(12(14)15)4-7-16-11/h4,7,9H,2-3,5-6,8H2,1H3,(H,14,15). The van der Waals surface area contributed by atoms with Gasteiger partial charge in [-0.3, -0.25) is 4.90 Å². The summed E-state index contributed by atoms with van der Waals surface area (Å²) < 4.78 is 5.23. The van der Waals surface area contributed by atoms with Crippen LogP contribution in [0.25, 0.3) is 0 Å². The molecule has 0 radical (unpaired) electrons. The number of carboxylic acid groups (broad SMARTS) is 1. The van der Waals surface area contributed by atoms with Gasteiger partial charge in [0.25, 0.3) is 0 Å². The molecule has 0 unspecified atom stereocenters. The quantitative estimate of drug-likeness (QED) is 0.853. The smallest absolute Gasteiger partial charge is 0.339 e. The molecule has 4 heteroatoms. The van der Waals surface area contributed by atoms with E-state index in [9.17, 15) is 4.79 Å². The van der Waals surface area contributed by atoms with Gasteiger partial charge in [0.2, 0.25) is 0 Å². The van der Waals surface area contributed by atoms with Gasteiger partial charge in [0, 0.05) is 0 Å². The number of nitrogens with zero attached hydrogens (tertiary/aromatic N) is 1. The molecule has 0 aromatic carbocycles. The molecule has 0 spiro atoms. The van der Waals surface area contributed by atoms with E-state index in [4.69, 9.17) is 9.52 Å². The van der Waals surface area contributed by atoms with E-state index in [-0.39, 0.29) is 0 Å². The SMILES string of the molecule is CC1CCN(Cc2occc2C(=O)O)CC1. The van der Waals surface area contributed by atoms with Crippen LogP contribution in [0.5, 0.6) is 0 Å². The maximum atomic E-state index is 10.9. The van der Waals surface area contributed by atoms with Gasteiger partial charge in [-0.05, 0) is 37.9 Å². The molecule has 0 amide bonds. The van der Waals surface area contributed by atoms with Gasteiger partial charge >= 0.3 is 5.97 Å². The van der Waals surface area contributed by atoms with Crippen LogP contribution in [0.3, 0.4) is 0 Å². The van der Waals surface area contributed by atoms with Gasteiger partial charge in [-0.2, -0.15) is 0 Å². The van der Waals surface area contributed by atoms with Crippen LogP contribution in [0.4, 0.5) is 0 Å². The van der Waals surface area contributed by atoms with E-state index in [1.807, 2.05) is 0 Å². The van der Waals surface area contributed by atoms with E-state index in [1.165, 1.54) is 25.2 Å². The Labute approximate surface area is 94.9 Å². The first-order valence-electron chi connectivity index (χ1n) is 5.69. The number of hydrogen-bond acceptors (Lipinski definition) is 3. The van der Waals surface area contributed by atoms with Crippen molar-refractivity contribution in [3.05, 3.63) is 23.7 Å². The molecule has 1 saturated heterocycles. The number of hydrogen-bond donors (Lipinski definition) is 1. The number of furan rings is 1. The average Bonchev–Trinajstić information content (AvgIpc) is 2.69. The highest BCUT2D eigenvalue weighted by molar-refractivity contribution is 5.88. The third-order valence-electron chi connectivity index (χ3n) is 3.22.